The predicted molar refractivity (Wildman–Crippen MR) is 96.9 cm³/mol. The van der Waals surface area contributed by atoms with Crippen molar-refractivity contribution < 1.29 is 18.7 Å². The van der Waals surface area contributed by atoms with Crippen LogP contribution in [0.2, 0.25) is 0 Å². The van der Waals surface area contributed by atoms with E-state index in [9.17, 15) is 14.0 Å². The Bertz CT molecular complexity index is 904. The van der Waals surface area contributed by atoms with Gasteiger partial charge in [-0.1, -0.05) is 24.3 Å². The van der Waals surface area contributed by atoms with Crippen molar-refractivity contribution in [2.24, 2.45) is 0 Å². The summed E-state index contributed by atoms with van der Waals surface area (Å²) < 4.78 is 18.4. The second-order valence-corrected chi connectivity index (χ2v) is 5.62. The van der Waals surface area contributed by atoms with Crippen LogP contribution in [0.25, 0.3) is 5.57 Å². The van der Waals surface area contributed by atoms with E-state index in [2.05, 4.69) is 11.9 Å². The van der Waals surface area contributed by atoms with Gasteiger partial charge in [-0.25, -0.2) is 4.39 Å². The van der Waals surface area contributed by atoms with Gasteiger partial charge in [-0.15, -0.1) is 6.58 Å². The third-order valence-electron chi connectivity index (χ3n) is 3.95. The maximum Gasteiger partial charge on any atom is 0.278 e. The van der Waals surface area contributed by atoms with Gasteiger partial charge in [0.1, 0.15) is 17.3 Å². The van der Waals surface area contributed by atoms with Gasteiger partial charge in [0, 0.05) is 18.3 Å². The summed E-state index contributed by atoms with van der Waals surface area (Å²) in [6, 6.07) is 12.4. The number of carbonyl (C=O) groups excluding carboxylic acids is 2. The molecular formula is C20H17FN2O3. The van der Waals surface area contributed by atoms with Gasteiger partial charge in [0.2, 0.25) is 0 Å². The highest BCUT2D eigenvalue weighted by molar-refractivity contribution is 6.36. The molecule has 0 aliphatic carbocycles. The third-order valence-corrected chi connectivity index (χ3v) is 3.95. The molecule has 0 radical (unpaired) electrons. The summed E-state index contributed by atoms with van der Waals surface area (Å²) in [5, 5.41) is 3.01. The van der Waals surface area contributed by atoms with Gasteiger partial charge in [-0.05, 0) is 29.8 Å². The fraction of sp³-hybridized carbons (Fsp3) is 0.100. The van der Waals surface area contributed by atoms with Crippen LogP contribution in [0.15, 0.2) is 66.9 Å². The third kappa shape index (κ3) is 3.21. The highest BCUT2D eigenvalue weighted by Gasteiger charge is 2.38. The molecule has 1 heterocycles. The monoisotopic (exact) mass is 352 g/mol. The molecule has 1 aliphatic rings. The highest BCUT2D eigenvalue weighted by Crippen LogP contribution is 2.31. The molecule has 6 heteroatoms. The molecule has 3 rings (SSSR count). The summed E-state index contributed by atoms with van der Waals surface area (Å²) in [5.74, 6) is -0.723. The van der Waals surface area contributed by atoms with E-state index in [0.29, 0.717) is 17.0 Å². The molecule has 2 amide bonds. The zero-order valence-electron chi connectivity index (χ0n) is 14.2. The van der Waals surface area contributed by atoms with Gasteiger partial charge < -0.3 is 10.1 Å². The van der Waals surface area contributed by atoms with Crippen molar-refractivity contribution in [3.05, 3.63) is 78.3 Å². The fourth-order valence-electron chi connectivity index (χ4n) is 2.72. The molecule has 0 bridgehead atoms. The molecule has 0 unspecified atom stereocenters. The van der Waals surface area contributed by atoms with Crippen LogP contribution in [0.5, 0.6) is 5.75 Å². The highest BCUT2D eigenvalue weighted by atomic mass is 19.1. The number of methoxy groups -OCH3 is 1. The average Bonchev–Trinajstić information content (AvgIpc) is 2.87. The first-order valence-corrected chi connectivity index (χ1v) is 7.93. The van der Waals surface area contributed by atoms with E-state index in [1.807, 2.05) is 0 Å². The van der Waals surface area contributed by atoms with Crippen molar-refractivity contribution in [2.45, 2.75) is 0 Å². The molecule has 0 aromatic heterocycles. The minimum atomic E-state index is -0.461. The van der Waals surface area contributed by atoms with Gasteiger partial charge in [0.05, 0.1) is 12.7 Å². The van der Waals surface area contributed by atoms with Crippen LogP contribution in [0, 0.1) is 5.82 Å². The number of benzene rings is 2. The molecule has 0 saturated heterocycles. The number of halogens is 1. The number of anilines is 1. The van der Waals surface area contributed by atoms with Crippen LogP contribution in [-0.4, -0.2) is 30.4 Å². The number of carbonyl (C=O) groups is 2. The Kier molecular flexibility index (Phi) is 4.84. The van der Waals surface area contributed by atoms with E-state index >= 15 is 0 Å². The Morgan fingerprint density at radius 2 is 1.88 bits per heavy atom. The number of amides is 2. The topological polar surface area (TPSA) is 58.6 Å². The van der Waals surface area contributed by atoms with Crippen LogP contribution in [0.1, 0.15) is 5.56 Å². The first-order valence-electron chi connectivity index (χ1n) is 7.93. The molecule has 0 spiro atoms. The van der Waals surface area contributed by atoms with Crippen LogP contribution in [0.4, 0.5) is 10.1 Å². The van der Waals surface area contributed by atoms with Crippen molar-refractivity contribution in [2.75, 3.05) is 19.0 Å². The zero-order valence-corrected chi connectivity index (χ0v) is 14.2. The van der Waals surface area contributed by atoms with Gasteiger partial charge >= 0.3 is 0 Å². The van der Waals surface area contributed by atoms with E-state index in [-0.39, 0.29) is 17.8 Å². The second-order valence-electron chi connectivity index (χ2n) is 5.62. The molecule has 2 aromatic carbocycles. The number of rotatable bonds is 6. The molecule has 132 valence electrons. The normalized spacial score (nSPS) is 14.0. The molecule has 26 heavy (non-hydrogen) atoms. The van der Waals surface area contributed by atoms with Crippen LogP contribution < -0.4 is 10.1 Å². The number of hydrogen-bond donors (Lipinski definition) is 1. The van der Waals surface area contributed by atoms with Crippen LogP contribution in [-0.2, 0) is 9.59 Å². The molecule has 5 nitrogen and oxygen atoms in total. The lowest BCUT2D eigenvalue weighted by Crippen LogP contribution is -2.32. The lowest BCUT2D eigenvalue weighted by molar-refractivity contribution is -0.136. The van der Waals surface area contributed by atoms with Gasteiger partial charge in [0.25, 0.3) is 11.8 Å². The first-order chi connectivity index (χ1) is 12.5. The Hall–Kier alpha value is -3.41. The van der Waals surface area contributed by atoms with Crippen LogP contribution in [0.3, 0.4) is 0 Å². The summed E-state index contributed by atoms with van der Waals surface area (Å²) in [5.41, 5.74) is 1.39. The predicted octanol–water partition coefficient (Wildman–Crippen LogP) is 3.21. The summed E-state index contributed by atoms with van der Waals surface area (Å²) in [4.78, 5) is 26.6. The summed E-state index contributed by atoms with van der Waals surface area (Å²) in [7, 11) is 1.54. The largest absolute Gasteiger partial charge is 0.497 e. The first kappa shape index (κ1) is 17.4. The van der Waals surface area contributed by atoms with E-state index in [1.54, 1.807) is 31.4 Å². The van der Waals surface area contributed by atoms with Gasteiger partial charge in [0.15, 0.2) is 0 Å². The van der Waals surface area contributed by atoms with Crippen molar-refractivity contribution >= 4 is 23.1 Å². The fourth-order valence-corrected chi connectivity index (χ4v) is 2.72. The Labute approximate surface area is 150 Å². The van der Waals surface area contributed by atoms with Crippen molar-refractivity contribution in [3.8, 4) is 5.75 Å². The Balaban J connectivity index is 2.07. The number of imide groups is 1. The van der Waals surface area contributed by atoms with E-state index in [0.717, 1.165) is 4.90 Å². The number of hydrogen-bond acceptors (Lipinski definition) is 4. The van der Waals surface area contributed by atoms with Gasteiger partial charge in [-0.2, -0.15) is 0 Å². The van der Waals surface area contributed by atoms with Crippen molar-refractivity contribution in [1.82, 2.24) is 4.90 Å². The summed E-state index contributed by atoms with van der Waals surface area (Å²) in [6.45, 7) is 3.67. The minimum absolute atomic E-state index is 0.0889. The summed E-state index contributed by atoms with van der Waals surface area (Å²) in [6.07, 6.45) is 1.48. The smallest absolute Gasteiger partial charge is 0.278 e. The molecule has 0 atom stereocenters. The molecule has 0 fully saturated rings. The minimum Gasteiger partial charge on any atom is -0.497 e. The maximum atomic E-state index is 13.3. The standard InChI is InChI=1S/C20H17FN2O3/c1-3-11-23-19(24)17(13-7-9-14(21)10-8-13)18(20(23)25)22-15-5-4-6-16(12-15)26-2/h3-10,12,22H,1,11H2,2H3. The SMILES string of the molecule is C=CCN1C(=O)C(Nc2cccc(OC)c2)=C(c2ccc(F)cc2)C1=O. The lowest BCUT2D eigenvalue weighted by atomic mass is 10.0. The maximum absolute atomic E-state index is 13.3. The zero-order chi connectivity index (χ0) is 18.7. The summed E-state index contributed by atoms with van der Waals surface area (Å²) >= 11 is 0. The lowest BCUT2D eigenvalue weighted by Gasteiger charge is -2.12. The average molecular weight is 352 g/mol. The Morgan fingerprint density at radius 3 is 2.54 bits per heavy atom. The second kappa shape index (κ2) is 7.23. The van der Waals surface area contributed by atoms with Crippen LogP contribution >= 0.6 is 0 Å². The van der Waals surface area contributed by atoms with Crippen molar-refractivity contribution in [3.63, 3.8) is 0 Å². The molecular weight excluding hydrogens is 335 g/mol. The molecule has 2 aromatic rings. The Morgan fingerprint density at radius 1 is 1.15 bits per heavy atom. The number of nitrogens with zero attached hydrogens (tertiary/aromatic N) is 1. The quantitative estimate of drug-likeness (QED) is 0.641. The van der Waals surface area contributed by atoms with Crippen molar-refractivity contribution in [1.29, 1.82) is 0 Å². The molecule has 0 saturated carbocycles. The number of ether oxygens (including phenoxy) is 1. The molecule has 1 aliphatic heterocycles. The van der Waals surface area contributed by atoms with E-state index in [1.165, 1.54) is 30.3 Å². The van der Waals surface area contributed by atoms with E-state index in [4.69, 9.17) is 4.74 Å². The molecule has 1 N–H and O–H groups in total. The van der Waals surface area contributed by atoms with Gasteiger partial charge in [-0.3, -0.25) is 14.5 Å². The van der Waals surface area contributed by atoms with E-state index < -0.39 is 17.6 Å². The number of nitrogens with one attached hydrogen (secondary N) is 1.